The molecule has 0 saturated heterocycles. The summed E-state index contributed by atoms with van der Waals surface area (Å²) in [7, 11) is 0. The number of rotatable bonds is 5. The van der Waals surface area contributed by atoms with Gasteiger partial charge in [0.05, 0.1) is 0 Å². The summed E-state index contributed by atoms with van der Waals surface area (Å²) in [5, 5.41) is 4.17. The van der Waals surface area contributed by atoms with Crippen LogP contribution in [0.15, 0.2) is 35.0 Å². The Balaban J connectivity index is 2.24. The first-order valence-corrected chi connectivity index (χ1v) is 7.93. The number of hydrogen-bond donors (Lipinski definition) is 0. The molecule has 2 aromatic rings. The van der Waals surface area contributed by atoms with Crippen LogP contribution in [0.1, 0.15) is 40.4 Å². The van der Waals surface area contributed by atoms with Gasteiger partial charge in [-0.3, -0.25) is 4.79 Å². The Bertz CT molecular complexity index is 575. The van der Waals surface area contributed by atoms with Crippen molar-refractivity contribution in [3.63, 3.8) is 0 Å². The van der Waals surface area contributed by atoms with E-state index in [1.165, 1.54) is 5.56 Å². The molecule has 0 spiro atoms. The molecule has 0 unspecified atom stereocenters. The lowest BCUT2D eigenvalue weighted by molar-refractivity contribution is 0.0742. The molecule has 1 aromatic heterocycles. The summed E-state index contributed by atoms with van der Waals surface area (Å²) in [6, 6.07) is 8.16. The number of aryl methyl sites for hydroxylation is 2. The molecule has 106 valence electrons. The van der Waals surface area contributed by atoms with Crippen LogP contribution in [-0.2, 0) is 6.54 Å². The zero-order valence-corrected chi connectivity index (χ0v) is 13.2. The molecule has 20 heavy (non-hydrogen) atoms. The minimum atomic E-state index is 0.138. The van der Waals surface area contributed by atoms with E-state index in [2.05, 4.69) is 29.8 Å². The summed E-state index contributed by atoms with van der Waals surface area (Å²) in [4.78, 5) is 14.7. The number of nitrogens with zero attached hydrogens (tertiary/aromatic N) is 1. The fourth-order valence-corrected chi connectivity index (χ4v) is 2.92. The van der Waals surface area contributed by atoms with Gasteiger partial charge in [0.1, 0.15) is 0 Å². The number of hydrogen-bond acceptors (Lipinski definition) is 2. The summed E-state index contributed by atoms with van der Waals surface area (Å²) in [6.07, 6.45) is 0.973. The lowest BCUT2D eigenvalue weighted by atomic mass is 10.0. The molecule has 0 aliphatic carbocycles. The molecule has 0 aliphatic rings. The van der Waals surface area contributed by atoms with Crippen molar-refractivity contribution in [1.82, 2.24) is 4.90 Å². The Hall–Kier alpha value is -1.61. The second kappa shape index (κ2) is 6.71. The standard InChI is InChI=1S/C17H21NOS/c1-4-8-18(11-15-7-9-20-12-15)17(19)16-10-13(2)5-6-14(16)3/h5-7,9-10,12H,4,8,11H2,1-3H3. The van der Waals surface area contributed by atoms with Crippen LogP contribution < -0.4 is 0 Å². The Kier molecular flexibility index (Phi) is 4.96. The first kappa shape index (κ1) is 14.8. The topological polar surface area (TPSA) is 20.3 Å². The van der Waals surface area contributed by atoms with Gasteiger partial charge in [-0.2, -0.15) is 11.3 Å². The summed E-state index contributed by atoms with van der Waals surface area (Å²) in [5.74, 6) is 0.138. The van der Waals surface area contributed by atoms with Crippen LogP contribution in [0.3, 0.4) is 0 Å². The first-order valence-electron chi connectivity index (χ1n) is 6.99. The molecule has 0 N–H and O–H groups in total. The number of thiophene rings is 1. The van der Waals surface area contributed by atoms with E-state index in [9.17, 15) is 4.79 Å². The van der Waals surface area contributed by atoms with Crippen LogP contribution in [0.5, 0.6) is 0 Å². The minimum Gasteiger partial charge on any atom is -0.334 e. The van der Waals surface area contributed by atoms with E-state index in [4.69, 9.17) is 0 Å². The molecule has 1 amide bonds. The lowest BCUT2D eigenvalue weighted by Crippen LogP contribution is -2.31. The van der Waals surface area contributed by atoms with Crippen molar-refractivity contribution in [2.24, 2.45) is 0 Å². The molecule has 2 nitrogen and oxygen atoms in total. The van der Waals surface area contributed by atoms with Crippen LogP contribution >= 0.6 is 11.3 Å². The number of carbonyl (C=O) groups excluding carboxylic acids is 1. The summed E-state index contributed by atoms with van der Waals surface area (Å²) in [6.45, 7) is 7.63. The summed E-state index contributed by atoms with van der Waals surface area (Å²) >= 11 is 1.67. The van der Waals surface area contributed by atoms with E-state index >= 15 is 0 Å². The molecule has 0 atom stereocenters. The maximum absolute atomic E-state index is 12.8. The van der Waals surface area contributed by atoms with Gasteiger partial charge in [0.15, 0.2) is 0 Å². The molecule has 0 fully saturated rings. The molecule has 3 heteroatoms. The molecule has 0 bridgehead atoms. The second-order valence-electron chi connectivity index (χ2n) is 5.18. The maximum Gasteiger partial charge on any atom is 0.254 e. The molecule has 0 saturated carbocycles. The number of carbonyl (C=O) groups is 1. The van der Waals surface area contributed by atoms with Crippen molar-refractivity contribution in [1.29, 1.82) is 0 Å². The zero-order valence-electron chi connectivity index (χ0n) is 12.3. The molecule has 0 aliphatic heterocycles. The quantitative estimate of drug-likeness (QED) is 0.797. The largest absolute Gasteiger partial charge is 0.334 e. The van der Waals surface area contributed by atoms with Crippen molar-refractivity contribution in [2.45, 2.75) is 33.7 Å². The molecule has 2 rings (SSSR count). The van der Waals surface area contributed by atoms with Crippen LogP contribution in [0, 0.1) is 13.8 Å². The third-order valence-corrected chi connectivity index (χ3v) is 4.09. The zero-order chi connectivity index (χ0) is 14.5. The smallest absolute Gasteiger partial charge is 0.254 e. The fourth-order valence-electron chi connectivity index (χ4n) is 2.26. The van der Waals surface area contributed by atoms with Gasteiger partial charge in [0.2, 0.25) is 0 Å². The number of benzene rings is 1. The van der Waals surface area contributed by atoms with Crippen molar-refractivity contribution in [3.05, 3.63) is 57.3 Å². The van der Waals surface area contributed by atoms with Crippen LogP contribution in [0.2, 0.25) is 0 Å². The highest BCUT2D eigenvalue weighted by Gasteiger charge is 2.17. The summed E-state index contributed by atoms with van der Waals surface area (Å²) < 4.78 is 0. The fraction of sp³-hybridized carbons (Fsp3) is 0.353. The number of amides is 1. The van der Waals surface area contributed by atoms with Gasteiger partial charge in [0, 0.05) is 18.7 Å². The van der Waals surface area contributed by atoms with Crippen molar-refractivity contribution in [2.75, 3.05) is 6.54 Å². The Morgan fingerprint density at radius 3 is 2.70 bits per heavy atom. The Morgan fingerprint density at radius 1 is 1.25 bits per heavy atom. The van der Waals surface area contributed by atoms with E-state index < -0.39 is 0 Å². The highest BCUT2D eigenvalue weighted by molar-refractivity contribution is 7.07. The SMILES string of the molecule is CCCN(Cc1ccsc1)C(=O)c1cc(C)ccc1C. The van der Waals surface area contributed by atoms with Crippen molar-refractivity contribution >= 4 is 17.2 Å². The monoisotopic (exact) mass is 287 g/mol. The maximum atomic E-state index is 12.8. The van der Waals surface area contributed by atoms with Crippen LogP contribution in [0.25, 0.3) is 0 Å². The van der Waals surface area contributed by atoms with Gasteiger partial charge in [-0.25, -0.2) is 0 Å². The average molecular weight is 287 g/mol. The van der Waals surface area contributed by atoms with Crippen molar-refractivity contribution < 1.29 is 4.79 Å². The molecule has 1 heterocycles. The van der Waals surface area contributed by atoms with Crippen LogP contribution in [0.4, 0.5) is 0 Å². The first-order chi connectivity index (χ1) is 9.61. The molecule has 1 aromatic carbocycles. The van der Waals surface area contributed by atoms with Gasteiger partial charge < -0.3 is 4.90 Å². The van der Waals surface area contributed by atoms with Gasteiger partial charge in [-0.05, 0) is 54.3 Å². The normalized spacial score (nSPS) is 10.6. The molecular weight excluding hydrogens is 266 g/mol. The highest BCUT2D eigenvalue weighted by Crippen LogP contribution is 2.17. The Labute approximate surface area is 125 Å². The van der Waals surface area contributed by atoms with Crippen molar-refractivity contribution in [3.8, 4) is 0 Å². The average Bonchev–Trinajstić information content (AvgIpc) is 2.93. The third-order valence-electron chi connectivity index (χ3n) is 3.36. The third kappa shape index (κ3) is 3.48. The van der Waals surface area contributed by atoms with E-state index in [0.717, 1.165) is 29.7 Å². The Morgan fingerprint density at radius 2 is 2.05 bits per heavy atom. The van der Waals surface area contributed by atoms with E-state index in [0.29, 0.717) is 6.54 Å². The molecular formula is C17H21NOS. The van der Waals surface area contributed by atoms with E-state index in [1.54, 1.807) is 11.3 Å². The minimum absolute atomic E-state index is 0.138. The predicted molar refractivity (Wildman–Crippen MR) is 85.3 cm³/mol. The van der Waals surface area contributed by atoms with Gasteiger partial charge in [0.25, 0.3) is 5.91 Å². The molecule has 0 radical (unpaired) electrons. The summed E-state index contributed by atoms with van der Waals surface area (Å²) in [5.41, 5.74) is 4.22. The van der Waals surface area contributed by atoms with Crippen LogP contribution in [-0.4, -0.2) is 17.4 Å². The second-order valence-corrected chi connectivity index (χ2v) is 5.96. The van der Waals surface area contributed by atoms with E-state index in [1.807, 2.05) is 30.9 Å². The van der Waals surface area contributed by atoms with Gasteiger partial charge in [-0.15, -0.1) is 0 Å². The van der Waals surface area contributed by atoms with E-state index in [-0.39, 0.29) is 5.91 Å². The lowest BCUT2D eigenvalue weighted by Gasteiger charge is -2.23. The van der Waals surface area contributed by atoms with Gasteiger partial charge in [-0.1, -0.05) is 24.6 Å². The predicted octanol–water partition coefficient (Wildman–Crippen LogP) is 4.42. The highest BCUT2D eigenvalue weighted by atomic mass is 32.1. The van der Waals surface area contributed by atoms with Gasteiger partial charge >= 0.3 is 0 Å².